The number of rotatable bonds is 5. The van der Waals surface area contributed by atoms with Gasteiger partial charge in [-0.25, -0.2) is 0 Å². The highest BCUT2D eigenvalue weighted by Gasteiger charge is 2.29. The Kier molecular flexibility index (Phi) is 5.19. The van der Waals surface area contributed by atoms with Crippen molar-refractivity contribution in [3.8, 4) is 11.3 Å². The molecule has 0 spiro atoms. The van der Waals surface area contributed by atoms with Gasteiger partial charge in [-0.1, -0.05) is 12.1 Å². The summed E-state index contributed by atoms with van der Waals surface area (Å²) in [4.78, 5) is 15.1. The molecule has 0 atom stereocenters. The number of nitrogens with zero attached hydrogens (tertiary/aromatic N) is 3. The Morgan fingerprint density at radius 3 is 2.50 bits per heavy atom. The van der Waals surface area contributed by atoms with Crippen LogP contribution in [-0.4, -0.2) is 45.8 Å². The fraction of sp³-hybridized carbons (Fsp3) is 0.524. The molecular weight excluding hydrogens is 324 g/mol. The maximum Gasteiger partial charge on any atom is 0.271 e. The van der Waals surface area contributed by atoms with Crippen LogP contribution < -0.4 is 5.32 Å². The van der Waals surface area contributed by atoms with Gasteiger partial charge in [0, 0.05) is 24.7 Å². The molecular formula is C21H30N4O. The van der Waals surface area contributed by atoms with Crippen LogP contribution in [0.5, 0.6) is 0 Å². The minimum Gasteiger partial charge on any atom is -0.349 e. The fourth-order valence-electron chi connectivity index (χ4n) is 3.57. The van der Waals surface area contributed by atoms with Crippen molar-refractivity contribution < 1.29 is 4.79 Å². The zero-order valence-electron chi connectivity index (χ0n) is 16.6. The Hall–Kier alpha value is -2.14. The molecule has 1 aliphatic heterocycles. The monoisotopic (exact) mass is 354 g/mol. The molecule has 0 bridgehead atoms. The molecule has 1 aromatic carbocycles. The molecule has 3 rings (SSSR count). The van der Waals surface area contributed by atoms with Crippen LogP contribution in [0.15, 0.2) is 24.3 Å². The first-order valence-corrected chi connectivity index (χ1v) is 9.43. The summed E-state index contributed by atoms with van der Waals surface area (Å²) in [6, 6.07) is 8.21. The van der Waals surface area contributed by atoms with E-state index in [1.807, 2.05) is 13.1 Å². The number of likely N-dealkylation sites (tertiary alicyclic amines) is 1. The fourth-order valence-corrected chi connectivity index (χ4v) is 3.57. The summed E-state index contributed by atoms with van der Waals surface area (Å²) in [6.45, 7) is 11.4. The highest BCUT2D eigenvalue weighted by molar-refractivity contribution is 5.93. The van der Waals surface area contributed by atoms with Gasteiger partial charge in [-0.05, 0) is 76.9 Å². The van der Waals surface area contributed by atoms with E-state index in [1.54, 1.807) is 4.68 Å². The van der Waals surface area contributed by atoms with Crippen molar-refractivity contribution in [3.63, 3.8) is 0 Å². The standard InChI is InChI=1S/C21H30N4O/c1-15-8-9-17(12-16(15)2)19-13-18(23-24(19)5)20(26)22-14-21(3,4)25-10-6-7-11-25/h8-9,12-13H,6-7,10-11,14H2,1-5H3,(H,22,26). The topological polar surface area (TPSA) is 50.2 Å². The second kappa shape index (κ2) is 7.23. The van der Waals surface area contributed by atoms with Crippen LogP contribution in [0.2, 0.25) is 0 Å². The molecule has 1 fully saturated rings. The lowest BCUT2D eigenvalue weighted by molar-refractivity contribution is 0.0896. The van der Waals surface area contributed by atoms with Crippen LogP contribution in [0.3, 0.4) is 0 Å². The summed E-state index contributed by atoms with van der Waals surface area (Å²) in [7, 11) is 1.88. The maximum absolute atomic E-state index is 12.6. The molecule has 1 N–H and O–H groups in total. The van der Waals surface area contributed by atoms with Gasteiger partial charge in [0.05, 0.1) is 5.69 Å². The number of benzene rings is 1. The van der Waals surface area contributed by atoms with E-state index < -0.39 is 0 Å². The van der Waals surface area contributed by atoms with Crippen molar-refractivity contribution in [3.05, 3.63) is 41.1 Å². The molecule has 0 saturated carbocycles. The molecule has 1 aromatic heterocycles. The average molecular weight is 354 g/mol. The molecule has 0 radical (unpaired) electrons. The highest BCUT2D eigenvalue weighted by Crippen LogP contribution is 2.23. The first-order valence-electron chi connectivity index (χ1n) is 9.43. The van der Waals surface area contributed by atoms with E-state index in [1.165, 1.54) is 24.0 Å². The molecule has 1 amide bonds. The molecule has 2 heterocycles. The molecule has 26 heavy (non-hydrogen) atoms. The SMILES string of the molecule is Cc1ccc(-c2cc(C(=O)NCC(C)(C)N3CCCC3)nn2C)cc1C. The van der Waals surface area contributed by atoms with Crippen LogP contribution in [0.1, 0.15) is 48.3 Å². The lowest BCUT2D eigenvalue weighted by Gasteiger charge is -2.35. The molecule has 5 nitrogen and oxygen atoms in total. The summed E-state index contributed by atoms with van der Waals surface area (Å²) >= 11 is 0. The van der Waals surface area contributed by atoms with Gasteiger partial charge >= 0.3 is 0 Å². The lowest BCUT2D eigenvalue weighted by atomic mass is 10.0. The summed E-state index contributed by atoms with van der Waals surface area (Å²) in [5.41, 5.74) is 4.98. The second-order valence-corrected chi connectivity index (χ2v) is 8.03. The lowest BCUT2D eigenvalue weighted by Crippen LogP contribution is -2.50. The van der Waals surface area contributed by atoms with E-state index in [9.17, 15) is 4.79 Å². The van der Waals surface area contributed by atoms with Crippen LogP contribution in [0.25, 0.3) is 11.3 Å². The van der Waals surface area contributed by atoms with Crippen molar-refractivity contribution in [2.24, 2.45) is 7.05 Å². The highest BCUT2D eigenvalue weighted by atomic mass is 16.1. The molecule has 0 unspecified atom stereocenters. The van der Waals surface area contributed by atoms with Crippen LogP contribution in [-0.2, 0) is 7.05 Å². The van der Waals surface area contributed by atoms with Gasteiger partial charge in [0.25, 0.3) is 5.91 Å². The van der Waals surface area contributed by atoms with E-state index in [-0.39, 0.29) is 11.4 Å². The normalized spacial score (nSPS) is 15.4. The third kappa shape index (κ3) is 3.83. The van der Waals surface area contributed by atoms with Gasteiger partial charge in [0.15, 0.2) is 5.69 Å². The predicted octanol–water partition coefficient (Wildman–Crippen LogP) is 3.31. The van der Waals surface area contributed by atoms with Crippen LogP contribution in [0, 0.1) is 13.8 Å². The number of aryl methyl sites for hydroxylation is 3. The maximum atomic E-state index is 12.6. The van der Waals surface area contributed by atoms with Crippen molar-refractivity contribution in [2.45, 2.75) is 46.1 Å². The van der Waals surface area contributed by atoms with E-state index in [4.69, 9.17) is 0 Å². The number of nitrogens with one attached hydrogen (secondary N) is 1. The first kappa shape index (κ1) is 18.6. The number of carbonyl (C=O) groups excluding carboxylic acids is 1. The van der Waals surface area contributed by atoms with E-state index in [2.05, 4.69) is 61.2 Å². The molecule has 140 valence electrons. The van der Waals surface area contributed by atoms with E-state index in [0.717, 1.165) is 24.3 Å². The van der Waals surface area contributed by atoms with E-state index in [0.29, 0.717) is 12.2 Å². The van der Waals surface area contributed by atoms with E-state index >= 15 is 0 Å². The third-order valence-electron chi connectivity index (χ3n) is 5.56. The van der Waals surface area contributed by atoms with Gasteiger partial charge in [-0.15, -0.1) is 0 Å². The van der Waals surface area contributed by atoms with Crippen molar-refractivity contribution >= 4 is 5.91 Å². The predicted molar refractivity (Wildman–Crippen MR) is 105 cm³/mol. The van der Waals surface area contributed by atoms with Gasteiger partial charge < -0.3 is 5.32 Å². The Bertz CT molecular complexity index is 800. The van der Waals surface area contributed by atoms with Crippen LogP contribution in [0.4, 0.5) is 0 Å². The summed E-state index contributed by atoms with van der Waals surface area (Å²) in [5, 5.41) is 7.50. The molecule has 1 saturated heterocycles. The summed E-state index contributed by atoms with van der Waals surface area (Å²) in [6.07, 6.45) is 2.49. The average Bonchev–Trinajstić information content (AvgIpc) is 3.25. The number of hydrogen-bond acceptors (Lipinski definition) is 3. The van der Waals surface area contributed by atoms with Crippen molar-refractivity contribution in [1.82, 2.24) is 20.0 Å². The Morgan fingerprint density at radius 2 is 1.85 bits per heavy atom. The number of aromatic nitrogens is 2. The molecule has 1 aliphatic rings. The smallest absolute Gasteiger partial charge is 0.271 e. The zero-order valence-corrected chi connectivity index (χ0v) is 16.6. The minimum atomic E-state index is -0.108. The number of hydrogen-bond donors (Lipinski definition) is 1. The van der Waals surface area contributed by atoms with Gasteiger partial charge in [-0.2, -0.15) is 5.10 Å². The number of amides is 1. The second-order valence-electron chi connectivity index (χ2n) is 8.03. The van der Waals surface area contributed by atoms with Crippen LogP contribution >= 0.6 is 0 Å². The Balaban J connectivity index is 1.71. The molecule has 0 aliphatic carbocycles. The molecule has 5 heteroatoms. The zero-order chi connectivity index (χ0) is 18.9. The van der Waals surface area contributed by atoms with Crippen molar-refractivity contribution in [2.75, 3.05) is 19.6 Å². The van der Waals surface area contributed by atoms with Crippen molar-refractivity contribution in [1.29, 1.82) is 0 Å². The third-order valence-corrected chi connectivity index (χ3v) is 5.56. The van der Waals surface area contributed by atoms with Gasteiger partial charge in [0.1, 0.15) is 0 Å². The largest absolute Gasteiger partial charge is 0.349 e. The Morgan fingerprint density at radius 1 is 1.15 bits per heavy atom. The quantitative estimate of drug-likeness (QED) is 0.896. The van der Waals surface area contributed by atoms with Gasteiger partial charge in [-0.3, -0.25) is 14.4 Å². The Labute approximate surface area is 156 Å². The molecule has 2 aromatic rings. The summed E-state index contributed by atoms with van der Waals surface area (Å²) in [5.74, 6) is -0.108. The first-order chi connectivity index (χ1) is 12.3. The van der Waals surface area contributed by atoms with Gasteiger partial charge in [0.2, 0.25) is 0 Å². The minimum absolute atomic E-state index is 0.0299. The number of carbonyl (C=O) groups is 1. The summed E-state index contributed by atoms with van der Waals surface area (Å²) < 4.78 is 1.78.